The van der Waals surface area contributed by atoms with Crippen LogP contribution in [0, 0.1) is 17.8 Å². The summed E-state index contributed by atoms with van der Waals surface area (Å²) in [5.41, 5.74) is 0.913. The first-order valence-corrected chi connectivity index (χ1v) is 7.98. The molecule has 0 atom stereocenters. The molecule has 108 valence electrons. The van der Waals surface area contributed by atoms with Gasteiger partial charge < -0.3 is 10.0 Å². The lowest BCUT2D eigenvalue weighted by Gasteiger charge is -2.18. The molecule has 0 saturated heterocycles. The van der Waals surface area contributed by atoms with Crippen molar-refractivity contribution in [1.29, 1.82) is 0 Å². The molecule has 0 spiro atoms. The number of nitrogens with zero attached hydrogens (tertiary/aromatic N) is 1. The van der Waals surface area contributed by atoms with Gasteiger partial charge in [0.25, 0.3) is 0 Å². The van der Waals surface area contributed by atoms with E-state index in [-0.39, 0.29) is 12.5 Å². The van der Waals surface area contributed by atoms with Gasteiger partial charge in [-0.3, -0.25) is 4.79 Å². The van der Waals surface area contributed by atoms with Gasteiger partial charge in [0.05, 0.1) is 6.54 Å². The maximum Gasteiger partial charge on any atom is 0.222 e. The molecule has 1 saturated carbocycles. The van der Waals surface area contributed by atoms with Crippen LogP contribution in [0.15, 0.2) is 11.4 Å². The van der Waals surface area contributed by atoms with Gasteiger partial charge in [0, 0.05) is 29.3 Å². The number of hydrogen-bond donors (Lipinski definition) is 1. The van der Waals surface area contributed by atoms with E-state index in [2.05, 4.69) is 11.8 Å². The van der Waals surface area contributed by atoms with Crippen LogP contribution in [0.1, 0.15) is 42.5 Å². The first-order chi connectivity index (χ1) is 9.69. The minimum absolute atomic E-state index is 0.120. The fourth-order valence-electron chi connectivity index (χ4n) is 2.61. The summed E-state index contributed by atoms with van der Waals surface area (Å²) in [4.78, 5) is 15.1. The molecule has 1 aliphatic carbocycles. The van der Waals surface area contributed by atoms with Crippen LogP contribution >= 0.6 is 11.3 Å². The standard InChI is InChI=1S/C16H21NO2S/c1-17(16(19)10-13-5-2-3-6-13)11-15-9-14(12-20-15)7-4-8-18/h9,12-13,18H,2-3,5-6,8,10-11H2,1H3. The van der Waals surface area contributed by atoms with E-state index in [9.17, 15) is 4.79 Å². The Bertz CT molecular complexity index is 506. The molecule has 1 fully saturated rings. The van der Waals surface area contributed by atoms with Gasteiger partial charge in [-0.1, -0.05) is 24.7 Å². The van der Waals surface area contributed by atoms with Gasteiger partial charge in [-0.25, -0.2) is 0 Å². The van der Waals surface area contributed by atoms with Crippen LogP contribution in [0.4, 0.5) is 0 Å². The summed E-state index contributed by atoms with van der Waals surface area (Å²) in [7, 11) is 1.87. The van der Waals surface area contributed by atoms with Crippen LogP contribution in [0.5, 0.6) is 0 Å². The van der Waals surface area contributed by atoms with Gasteiger partial charge in [-0.15, -0.1) is 11.3 Å². The molecule has 1 N–H and O–H groups in total. The van der Waals surface area contributed by atoms with Crippen LogP contribution in [0.3, 0.4) is 0 Å². The van der Waals surface area contributed by atoms with Crippen LogP contribution in [0.25, 0.3) is 0 Å². The summed E-state index contributed by atoms with van der Waals surface area (Å²) >= 11 is 1.61. The van der Waals surface area contributed by atoms with E-state index < -0.39 is 0 Å². The van der Waals surface area contributed by atoms with Crippen LogP contribution in [-0.2, 0) is 11.3 Å². The molecule has 1 aliphatic rings. The summed E-state index contributed by atoms with van der Waals surface area (Å²) in [6, 6.07) is 1.99. The molecule has 0 unspecified atom stereocenters. The number of thiophene rings is 1. The fraction of sp³-hybridized carbons (Fsp3) is 0.562. The molecule has 0 aliphatic heterocycles. The van der Waals surface area contributed by atoms with E-state index >= 15 is 0 Å². The monoisotopic (exact) mass is 291 g/mol. The van der Waals surface area contributed by atoms with Crippen molar-refractivity contribution in [2.45, 2.75) is 38.6 Å². The highest BCUT2D eigenvalue weighted by atomic mass is 32.1. The second-order valence-corrected chi connectivity index (χ2v) is 6.36. The summed E-state index contributed by atoms with van der Waals surface area (Å²) in [5, 5.41) is 10.6. The zero-order valence-corrected chi connectivity index (χ0v) is 12.7. The van der Waals surface area contributed by atoms with Gasteiger partial charge in [-0.05, 0) is 24.8 Å². The number of carbonyl (C=O) groups excluding carboxylic acids is 1. The van der Waals surface area contributed by atoms with Crippen molar-refractivity contribution in [3.8, 4) is 11.8 Å². The average Bonchev–Trinajstić information content (AvgIpc) is 3.08. The fourth-order valence-corrected chi connectivity index (χ4v) is 3.48. The summed E-state index contributed by atoms with van der Waals surface area (Å²) < 4.78 is 0. The smallest absolute Gasteiger partial charge is 0.222 e. The topological polar surface area (TPSA) is 40.5 Å². The van der Waals surface area contributed by atoms with E-state index in [1.807, 2.05) is 23.4 Å². The largest absolute Gasteiger partial charge is 0.384 e. The zero-order valence-electron chi connectivity index (χ0n) is 11.9. The normalized spacial score (nSPS) is 14.9. The third kappa shape index (κ3) is 4.36. The highest BCUT2D eigenvalue weighted by Crippen LogP contribution is 2.28. The van der Waals surface area contributed by atoms with Crippen LogP contribution < -0.4 is 0 Å². The number of hydrogen-bond acceptors (Lipinski definition) is 3. The molecule has 1 heterocycles. The molecule has 1 amide bonds. The third-order valence-corrected chi connectivity index (χ3v) is 4.64. The molecule has 4 heteroatoms. The lowest BCUT2D eigenvalue weighted by Crippen LogP contribution is -2.27. The lowest BCUT2D eigenvalue weighted by molar-refractivity contribution is -0.131. The first-order valence-electron chi connectivity index (χ1n) is 7.10. The van der Waals surface area contributed by atoms with Gasteiger partial charge in [0.1, 0.15) is 6.61 Å². The first kappa shape index (κ1) is 15.1. The Morgan fingerprint density at radius 2 is 2.25 bits per heavy atom. The van der Waals surface area contributed by atoms with Gasteiger partial charge >= 0.3 is 0 Å². The van der Waals surface area contributed by atoms with Gasteiger partial charge in [-0.2, -0.15) is 0 Å². The van der Waals surface area contributed by atoms with Crippen LogP contribution in [-0.4, -0.2) is 29.6 Å². The lowest BCUT2D eigenvalue weighted by atomic mass is 10.0. The number of carbonyl (C=O) groups is 1. The van der Waals surface area contributed by atoms with Crippen molar-refractivity contribution >= 4 is 17.2 Å². The Balaban J connectivity index is 1.85. The third-order valence-electron chi connectivity index (χ3n) is 3.72. The molecular formula is C16H21NO2S. The SMILES string of the molecule is CN(Cc1cc(C#CCO)cs1)C(=O)CC1CCCC1. The number of aliphatic hydroxyl groups excluding tert-OH is 1. The summed E-state index contributed by atoms with van der Waals surface area (Å²) in [6.45, 7) is 0.530. The number of rotatable bonds is 4. The molecule has 20 heavy (non-hydrogen) atoms. The minimum atomic E-state index is -0.120. The van der Waals surface area contributed by atoms with Crippen molar-refractivity contribution in [3.05, 3.63) is 21.9 Å². The van der Waals surface area contributed by atoms with Crippen molar-refractivity contribution in [1.82, 2.24) is 4.90 Å². The Morgan fingerprint density at radius 3 is 2.95 bits per heavy atom. The zero-order chi connectivity index (χ0) is 14.4. The average molecular weight is 291 g/mol. The van der Waals surface area contributed by atoms with Crippen molar-refractivity contribution in [3.63, 3.8) is 0 Å². The maximum absolute atomic E-state index is 12.2. The summed E-state index contributed by atoms with van der Waals surface area (Å²) in [6.07, 6.45) is 5.66. The maximum atomic E-state index is 12.2. The second kappa shape index (κ2) is 7.47. The Morgan fingerprint density at radius 1 is 1.50 bits per heavy atom. The van der Waals surface area contributed by atoms with Crippen molar-refractivity contribution in [2.75, 3.05) is 13.7 Å². The van der Waals surface area contributed by atoms with Crippen molar-refractivity contribution in [2.24, 2.45) is 5.92 Å². The second-order valence-electron chi connectivity index (χ2n) is 5.37. The Labute approximate surface area is 124 Å². The molecule has 0 radical (unpaired) electrons. The van der Waals surface area contributed by atoms with Crippen LogP contribution in [0.2, 0.25) is 0 Å². The molecule has 1 aromatic rings. The van der Waals surface area contributed by atoms with E-state index in [1.165, 1.54) is 25.7 Å². The Hall–Kier alpha value is -1.31. The quantitative estimate of drug-likeness (QED) is 0.866. The van der Waals surface area contributed by atoms with Gasteiger partial charge in [0.15, 0.2) is 0 Å². The molecule has 3 nitrogen and oxygen atoms in total. The predicted octanol–water partition coefficient (Wildman–Crippen LogP) is 2.63. The van der Waals surface area contributed by atoms with E-state index in [0.29, 0.717) is 18.9 Å². The summed E-state index contributed by atoms with van der Waals surface area (Å²) in [5.74, 6) is 6.36. The van der Waals surface area contributed by atoms with Gasteiger partial charge in [0.2, 0.25) is 5.91 Å². The Kier molecular flexibility index (Phi) is 5.63. The highest BCUT2D eigenvalue weighted by molar-refractivity contribution is 7.10. The molecule has 0 bridgehead atoms. The predicted molar refractivity (Wildman–Crippen MR) is 81.3 cm³/mol. The minimum Gasteiger partial charge on any atom is -0.384 e. The van der Waals surface area contributed by atoms with Crippen molar-refractivity contribution < 1.29 is 9.90 Å². The molecule has 2 rings (SSSR count). The number of aliphatic hydroxyl groups is 1. The number of amides is 1. The molecule has 0 aromatic carbocycles. The molecule has 1 aromatic heterocycles. The highest BCUT2D eigenvalue weighted by Gasteiger charge is 2.20. The molecular weight excluding hydrogens is 270 g/mol. The van der Waals surface area contributed by atoms with E-state index in [0.717, 1.165) is 10.4 Å². The van der Waals surface area contributed by atoms with E-state index in [4.69, 9.17) is 5.11 Å². The van der Waals surface area contributed by atoms with E-state index in [1.54, 1.807) is 11.3 Å².